The zero-order chi connectivity index (χ0) is 38.5. The molecular weight excluding hydrogens is 682 g/mol. The summed E-state index contributed by atoms with van der Waals surface area (Å²) >= 11 is 0. The van der Waals surface area contributed by atoms with E-state index in [0.29, 0.717) is 39.3 Å². The zero-order valence-corrected chi connectivity index (χ0v) is 29.7. The summed E-state index contributed by atoms with van der Waals surface area (Å²) in [6.07, 6.45) is 1.14. The standard InChI is InChI=1S/C39H35N5O9/c1-24-9-7-8-10-36(24)39(49)32-15-21-35(22-16-32)44(33-17-11-30(12-18-33)37(42-52-28(5)47)23-40-50-26(3)45)34-19-13-31(14-20-34)38(43-53-29(6)48)25(2)41-51-27(4)46/h7-23H,1-6H3/b40-23?,41-25?,42-37-,43-38?. The Hall–Kier alpha value is -7.09. The molecule has 14 nitrogen and oxygen atoms in total. The lowest BCUT2D eigenvalue weighted by Gasteiger charge is -2.26. The smallest absolute Gasteiger partial charge is 0.319 e. The SMILES string of the molecule is CC(=O)ON=C/C(=N/OC(C)=O)c1ccc(N(c2ccc(C(=O)c3ccccc3C)cc2)c2ccc(C(=NOC(C)=O)C(C)=NOC(C)=O)cc2)cc1. The normalized spacial score (nSPS) is 11.8. The van der Waals surface area contributed by atoms with E-state index in [2.05, 4.69) is 25.5 Å². The van der Waals surface area contributed by atoms with Gasteiger partial charge in [-0.3, -0.25) is 4.79 Å². The van der Waals surface area contributed by atoms with Crippen molar-refractivity contribution >= 4 is 70.1 Å². The van der Waals surface area contributed by atoms with Crippen LogP contribution in [0.25, 0.3) is 0 Å². The van der Waals surface area contributed by atoms with E-state index >= 15 is 0 Å². The van der Waals surface area contributed by atoms with Crippen molar-refractivity contribution in [2.75, 3.05) is 4.90 Å². The van der Waals surface area contributed by atoms with Crippen LogP contribution in [0.3, 0.4) is 0 Å². The molecule has 14 heteroatoms. The predicted octanol–water partition coefficient (Wildman–Crippen LogP) is 6.72. The Kier molecular flexibility index (Phi) is 13.3. The lowest BCUT2D eigenvalue weighted by molar-refractivity contribution is -0.142. The minimum atomic E-state index is -0.659. The first kappa shape index (κ1) is 38.7. The van der Waals surface area contributed by atoms with Crippen LogP contribution in [0.1, 0.15) is 67.2 Å². The highest BCUT2D eigenvalue weighted by Crippen LogP contribution is 2.35. The summed E-state index contributed by atoms with van der Waals surface area (Å²) < 4.78 is 0. The molecule has 0 unspecified atom stereocenters. The summed E-state index contributed by atoms with van der Waals surface area (Å²) in [7, 11) is 0. The molecule has 0 saturated heterocycles. The molecule has 4 rings (SSSR count). The van der Waals surface area contributed by atoms with E-state index in [1.807, 2.05) is 42.2 Å². The number of oxime groups is 4. The number of carbonyl (C=O) groups is 5. The van der Waals surface area contributed by atoms with E-state index in [4.69, 9.17) is 14.5 Å². The molecule has 0 heterocycles. The van der Waals surface area contributed by atoms with Crippen LogP contribution in [-0.2, 0) is 38.5 Å². The number of aryl methyl sites for hydroxylation is 1. The van der Waals surface area contributed by atoms with Crippen LogP contribution in [0.5, 0.6) is 0 Å². The minimum absolute atomic E-state index is 0.105. The highest BCUT2D eigenvalue weighted by Gasteiger charge is 2.18. The van der Waals surface area contributed by atoms with Gasteiger partial charge in [-0.05, 0) is 67.9 Å². The van der Waals surface area contributed by atoms with Crippen molar-refractivity contribution in [1.29, 1.82) is 0 Å². The van der Waals surface area contributed by atoms with Crippen LogP contribution in [0.15, 0.2) is 118 Å². The first-order valence-electron chi connectivity index (χ1n) is 16.0. The van der Waals surface area contributed by atoms with Crippen molar-refractivity contribution in [2.45, 2.75) is 41.5 Å². The van der Waals surface area contributed by atoms with Crippen molar-refractivity contribution in [1.82, 2.24) is 0 Å². The van der Waals surface area contributed by atoms with Crippen LogP contribution in [-0.4, -0.2) is 53.0 Å². The van der Waals surface area contributed by atoms with Gasteiger partial charge in [-0.15, -0.1) is 0 Å². The number of nitrogens with zero attached hydrogens (tertiary/aromatic N) is 5. The summed E-state index contributed by atoms with van der Waals surface area (Å²) in [4.78, 5) is 80.0. The van der Waals surface area contributed by atoms with E-state index < -0.39 is 23.9 Å². The third kappa shape index (κ3) is 10.9. The molecule has 270 valence electrons. The number of anilines is 3. The summed E-state index contributed by atoms with van der Waals surface area (Å²) in [5.74, 6) is -2.71. The van der Waals surface area contributed by atoms with Gasteiger partial charge in [0, 0.05) is 67.0 Å². The van der Waals surface area contributed by atoms with Gasteiger partial charge >= 0.3 is 23.9 Å². The van der Waals surface area contributed by atoms with Gasteiger partial charge in [-0.1, -0.05) is 69.2 Å². The molecule has 0 N–H and O–H groups in total. The molecular formula is C39H35N5O9. The van der Waals surface area contributed by atoms with Crippen molar-refractivity contribution in [2.24, 2.45) is 20.6 Å². The van der Waals surface area contributed by atoms with Crippen LogP contribution in [0.4, 0.5) is 17.1 Å². The van der Waals surface area contributed by atoms with Crippen LogP contribution in [0.2, 0.25) is 0 Å². The summed E-state index contributed by atoms with van der Waals surface area (Å²) in [5, 5.41) is 15.1. The molecule has 0 fully saturated rings. The second-order valence-corrected chi connectivity index (χ2v) is 11.3. The largest absolute Gasteiger partial charge is 0.332 e. The van der Waals surface area contributed by atoms with Gasteiger partial charge in [-0.2, -0.15) is 0 Å². The lowest BCUT2D eigenvalue weighted by atomic mass is 9.99. The monoisotopic (exact) mass is 717 g/mol. The molecule has 0 spiro atoms. The molecule has 0 amide bonds. The third-order valence-corrected chi connectivity index (χ3v) is 7.15. The third-order valence-electron chi connectivity index (χ3n) is 7.15. The Morgan fingerprint density at radius 3 is 1.49 bits per heavy atom. The first-order valence-corrected chi connectivity index (χ1v) is 16.0. The second-order valence-electron chi connectivity index (χ2n) is 11.3. The van der Waals surface area contributed by atoms with Gasteiger partial charge in [0.25, 0.3) is 0 Å². The van der Waals surface area contributed by atoms with Gasteiger partial charge in [0.1, 0.15) is 17.1 Å². The maximum atomic E-state index is 13.4. The molecule has 0 aliphatic heterocycles. The molecule has 0 aliphatic carbocycles. The highest BCUT2D eigenvalue weighted by molar-refractivity contribution is 6.47. The maximum Gasteiger partial charge on any atom is 0.332 e. The Balaban J connectivity index is 1.79. The average molecular weight is 718 g/mol. The molecule has 4 aromatic rings. The molecule has 0 atom stereocenters. The minimum Gasteiger partial charge on any atom is -0.319 e. The van der Waals surface area contributed by atoms with Crippen LogP contribution >= 0.6 is 0 Å². The molecule has 0 saturated carbocycles. The zero-order valence-electron chi connectivity index (χ0n) is 29.7. The van der Waals surface area contributed by atoms with Crippen molar-refractivity contribution in [3.05, 3.63) is 125 Å². The van der Waals surface area contributed by atoms with Gasteiger partial charge in [0.15, 0.2) is 5.78 Å². The summed E-state index contributed by atoms with van der Waals surface area (Å²) in [6, 6.07) is 28.5. The fourth-order valence-corrected chi connectivity index (χ4v) is 4.77. The molecule has 0 radical (unpaired) electrons. The molecule has 53 heavy (non-hydrogen) atoms. The van der Waals surface area contributed by atoms with Gasteiger partial charge in [0.2, 0.25) is 0 Å². The fourth-order valence-electron chi connectivity index (χ4n) is 4.77. The van der Waals surface area contributed by atoms with Crippen LogP contribution < -0.4 is 4.90 Å². The van der Waals surface area contributed by atoms with Gasteiger partial charge in [-0.25, -0.2) is 19.2 Å². The van der Waals surface area contributed by atoms with Crippen molar-refractivity contribution in [3.8, 4) is 0 Å². The molecule has 0 aliphatic rings. The van der Waals surface area contributed by atoms with Gasteiger partial charge in [0.05, 0.1) is 6.21 Å². The van der Waals surface area contributed by atoms with E-state index in [-0.39, 0.29) is 22.9 Å². The number of hydrogen-bond acceptors (Lipinski definition) is 14. The van der Waals surface area contributed by atoms with Gasteiger partial charge < -0.3 is 24.3 Å². The first-order chi connectivity index (χ1) is 25.3. The quantitative estimate of drug-likeness (QED) is 0.0625. The number of ketones is 1. The number of benzene rings is 4. The van der Waals surface area contributed by atoms with E-state index in [1.165, 1.54) is 27.7 Å². The number of carbonyl (C=O) groups excluding carboxylic acids is 5. The Bertz CT molecular complexity index is 2120. The lowest BCUT2D eigenvalue weighted by Crippen LogP contribution is -2.16. The maximum absolute atomic E-state index is 13.4. The molecule has 0 bridgehead atoms. The van der Waals surface area contributed by atoms with E-state index in [1.54, 1.807) is 73.7 Å². The van der Waals surface area contributed by atoms with E-state index in [9.17, 15) is 24.0 Å². The Morgan fingerprint density at radius 1 is 0.528 bits per heavy atom. The summed E-state index contributed by atoms with van der Waals surface area (Å²) in [5.41, 5.74) is 5.42. The Morgan fingerprint density at radius 2 is 0.981 bits per heavy atom. The van der Waals surface area contributed by atoms with E-state index in [0.717, 1.165) is 11.8 Å². The number of rotatable bonds is 13. The number of hydrogen-bond donors (Lipinski definition) is 0. The second kappa shape index (κ2) is 18.2. The van der Waals surface area contributed by atoms with Crippen molar-refractivity contribution in [3.63, 3.8) is 0 Å². The fraction of sp³-hybridized carbons (Fsp3) is 0.154. The average Bonchev–Trinajstić information content (AvgIpc) is 3.13. The Labute approximate surface area is 304 Å². The van der Waals surface area contributed by atoms with Crippen LogP contribution in [0, 0.1) is 6.92 Å². The predicted molar refractivity (Wildman–Crippen MR) is 197 cm³/mol. The summed E-state index contributed by atoms with van der Waals surface area (Å²) in [6.45, 7) is 8.20. The molecule has 4 aromatic carbocycles. The molecule has 0 aromatic heterocycles. The van der Waals surface area contributed by atoms with Crippen molar-refractivity contribution < 1.29 is 43.3 Å². The topological polar surface area (TPSA) is 175 Å². The highest BCUT2D eigenvalue weighted by atomic mass is 16.7.